The maximum atomic E-state index is 11.4. The summed E-state index contributed by atoms with van der Waals surface area (Å²) in [6, 6.07) is 0.471. The maximum absolute atomic E-state index is 11.4. The molecule has 2 unspecified atom stereocenters. The zero-order valence-corrected chi connectivity index (χ0v) is 9.59. The van der Waals surface area contributed by atoms with Gasteiger partial charge in [-0.1, -0.05) is 6.92 Å². The molecule has 14 heavy (non-hydrogen) atoms. The smallest absolute Gasteiger partial charge is 0.325 e. The van der Waals surface area contributed by atoms with Crippen molar-refractivity contribution in [3.05, 3.63) is 0 Å². The third-order valence-electron chi connectivity index (χ3n) is 2.96. The topological polar surface area (TPSA) is 38.3 Å². The van der Waals surface area contributed by atoms with E-state index in [9.17, 15) is 4.79 Å². The van der Waals surface area contributed by atoms with Gasteiger partial charge in [-0.3, -0.25) is 10.1 Å². The first-order valence-corrected chi connectivity index (χ1v) is 5.32. The average molecular weight is 199 g/mol. The van der Waals surface area contributed by atoms with Crippen LogP contribution in [0.15, 0.2) is 0 Å². The van der Waals surface area contributed by atoms with E-state index in [0.29, 0.717) is 6.04 Å². The van der Waals surface area contributed by atoms with Crippen LogP contribution in [0, 0.1) is 5.92 Å². The number of esters is 1. The van der Waals surface area contributed by atoms with Crippen molar-refractivity contribution < 1.29 is 9.53 Å². The summed E-state index contributed by atoms with van der Waals surface area (Å²) in [6.45, 7) is 6.01. The minimum Gasteiger partial charge on any atom is -0.468 e. The van der Waals surface area contributed by atoms with Crippen molar-refractivity contribution in [2.24, 2.45) is 5.92 Å². The molecule has 1 fully saturated rings. The van der Waals surface area contributed by atoms with Gasteiger partial charge in [0.15, 0.2) is 0 Å². The largest absolute Gasteiger partial charge is 0.468 e. The Hall–Kier alpha value is -0.570. The number of hydrogen-bond acceptors (Lipinski definition) is 3. The Kier molecular flexibility index (Phi) is 3.53. The van der Waals surface area contributed by atoms with Gasteiger partial charge in [-0.05, 0) is 39.0 Å². The summed E-state index contributed by atoms with van der Waals surface area (Å²) < 4.78 is 4.75. The predicted octanol–water partition coefficient (Wildman–Crippen LogP) is 1.72. The second-order valence-corrected chi connectivity index (χ2v) is 4.88. The molecule has 0 heterocycles. The molecule has 0 bridgehead atoms. The summed E-state index contributed by atoms with van der Waals surface area (Å²) in [5.41, 5.74) is -0.552. The predicted molar refractivity (Wildman–Crippen MR) is 56.0 cm³/mol. The minimum absolute atomic E-state index is 0.183. The van der Waals surface area contributed by atoms with Crippen LogP contribution in [-0.4, -0.2) is 24.7 Å². The van der Waals surface area contributed by atoms with E-state index in [-0.39, 0.29) is 5.97 Å². The van der Waals surface area contributed by atoms with E-state index in [0.717, 1.165) is 5.92 Å². The third kappa shape index (κ3) is 2.71. The summed E-state index contributed by atoms with van der Waals surface area (Å²) in [7, 11) is 1.43. The molecular formula is C11H21NO2. The summed E-state index contributed by atoms with van der Waals surface area (Å²) in [5, 5.41) is 3.36. The molecule has 0 aromatic rings. The zero-order valence-electron chi connectivity index (χ0n) is 9.59. The van der Waals surface area contributed by atoms with E-state index in [4.69, 9.17) is 4.74 Å². The van der Waals surface area contributed by atoms with Crippen LogP contribution in [0.25, 0.3) is 0 Å². The van der Waals surface area contributed by atoms with E-state index in [2.05, 4.69) is 12.2 Å². The number of carbonyl (C=O) groups excluding carboxylic acids is 1. The number of carbonyl (C=O) groups is 1. The number of hydrogen-bond donors (Lipinski definition) is 1. The molecule has 0 saturated heterocycles. The molecule has 1 aliphatic rings. The minimum atomic E-state index is -0.552. The quantitative estimate of drug-likeness (QED) is 0.703. The van der Waals surface area contributed by atoms with Gasteiger partial charge in [-0.2, -0.15) is 0 Å². The van der Waals surface area contributed by atoms with Crippen LogP contribution in [-0.2, 0) is 9.53 Å². The fraction of sp³-hybridized carbons (Fsp3) is 0.909. The molecule has 1 saturated carbocycles. The molecule has 1 N–H and O–H groups in total. The van der Waals surface area contributed by atoms with Gasteiger partial charge in [0.2, 0.25) is 0 Å². The zero-order chi connectivity index (χ0) is 10.8. The molecule has 0 aromatic heterocycles. The van der Waals surface area contributed by atoms with Crippen molar-refractivity contribution in [1.29, 1.82) is 0 Å². The molecule has 0 aliphatic heterocycles. The van der Waals surface area contributed by atoms with E-state index >= 15 is 0 Å². The highest BCUT2D eigenvalue weighted by Gasteiger charge is 2.33. The van der Waals surface area contributed by atoms with E-state index in [1.807, 2.05) is 13.8 Å². The highest BCUT2D eigenvalue weighted by Crippen LogP contribution is 2.26. The third-order valence-corrected chi connectivity index (χ3v) is 2.96. The highest BCUT2D eigenvalue weighted by molar-refractivity contribution is 5.79. The van der Waals surface area contributed by atoms with Gasteiger partial charge in [-0.15, -0.1) is 0 Å². The summed E-state index contributed by atoms with van der Waals surface area (Å²) >= 11 is 0. The number of nitrogens with one attached hydrogen (secondary N) is 1. The lowest BCUT2D eigenvalue weighted by atomic mass is 10.0. The van der Waals surface area contributed by atoms with Crippen molar-refractivity contribution in [3.63, 3.8) is 0 Å². The molecule has 0 aromatic carbocycles. The van der Waals surface area contributed by atoms with Crippen LogP contribution < -0.4 is 5.32 Å². The first-order valence-electron chi connectivity index (χ1n) is 5.32. The van der Waals surface area contributed by atoms with Gasteiger partial charge in [0, 0.05) is 6.04 Å². The van der Waals surface area contributed by atoms with E-state index in [1.165, 1.54) is 26.4 Å². The van der Waals surface area contributed by atoms with Crippen molar-refractivity contribution in [1.82, 2.24) is 5.32 Å². The van der Waals surface area contributed by atoms with Gasteiger partial charge in [-0.25, -0.2) is 0 Å². The molecule has 3 heteroatoms. The van der Waals surface area contributed by atoms with Gasteiger partial charge < -0.3 is 4.74 Å². The van der Waals surface area contributed by atoms with Crippen LogP contribution in [0.2, 0.25) is 0 Å². The molecule has 0 amide bonds. The van der Waals surface area contributed by atoms with Crippen LogP contribution in [0.4, 0.5) is 0 Å². The molecule has 1 aliphatic carbocycles. The molecule has 1 rings (SSSR count). The Morgan fingerprint density at radius 3 is 2.50 bits per heavy atom. The second kappa shape index (κ2) is 4.30. The Labute approximate surface area is 86.2 Å². The SMILES string of the molecule is COC(=O)C(C)(C)NC1CCC(C)C1. The fourth-order valence-electron chi connectivity index (χ4n) is 2.16. The lowest BCUT2D eigenvalue weighted by Crippen LogP contribution is -2.51. The summed E-state index contributed by atoms with van der Waals surface area (Å²) in [4.78, 5) is 11.4. The van der Waals surface area contributed by atoms with E-state index < -0.39 is 5.54 Å². The average Bonchev–Trinajstić information content (AvgIpc) is 2.48. The Morgan fingerprint density at radius 2 is 2.07 bits per heavy atom. The van der Waals surface area contributed by atoms with Crippen molar-refractivity contribution in [2.75, 3.05) is 7.11 Å². The van der Waals surface area contributed by atoms with Crippen molar-refractivity contribution in [2.45, 2.75) is 51.6 Å². The number of ether oxygens (including phenoxy) is 1. The van der Waals surface area contributed by atoms with Crippen molar-refractivity contribution >= 4 is 5.97 Å². The number of rotatable bonds is 3. The van der Waals surface area contributed by atoms with Gasteiger partial charge in [0.1, 0.15) is 5.54 Å². The van der Waals surface area contributed by atoms with Gasteiger partial charge >= 0.3 is 5.97 Å². The summed E-state index contributed by atoms with van der Waals surface area (Å²) in [6.07, 6.45) is 3.59. The normalized spacial score (nSPS) is 27.7. The molecule has 3 nitrogen and oxygen atoms in total. The Bertz CT molecular complexity index is 213. The van der Waals surface area contributed by atoms with Crippen LogP contribution >= 0.6 is 0 Å². The lowest BCUT2D eigenvalue weighted by molar-refractivity contribution is -0.147. The summed E-state index contributed by atoms with van der Waals surface area (Å²) in [5.74, 6) is 0.595. The van der Waals surface area contributed by atoms with Crippen LogP contribution in [0.5, 0.6) is 0 Å². The monoisotopic (exact) mass is 199 g/mol. The molecular weight excluding hydrogens is 178 g/mol. The molecule has 0 radical (unpaired) electrons. The highest BCUT2D eigenvalue weighted by atomic mass is 16.5. The molecule has 2 atom stereocenters. The van der Waals surface area contributed by atoms with Crippen LogP contribution in [0.1, 0.15) is 40.0 Å². The number of methoxy groups -OCH3 is 1. The Morgan fingerprint density at radius 1 is 1.43 bits per heavy atom. The Balaban J connectivity index is 2.46. The first-order chi connectivity index (χ1) is 6.45. The van der Waals surface area contributed by atoms with E-state index in [1.54, 1.807) is 0 Å². The standard InChI is InChI=1S/C11H21NO2/c1-8-5-6-9(7-8)12-11(2,3)10(13)14-4/h8-9,12H,5-7H2,1-4H3. The first kappa shape index (κ1) is 11.5. The molecule has 0 spiro atoms. The lowest BCUT2D eigenvalue weighted by Gasteiger charge is -2.27. The van der Waals surface area contributed by atoms with Crippen molar-refractivity contribution in [3.8, 4) is 0 Å². The van der Waals surface area contributed by atoms with Crippen LogP contribution in [0.3, 0.4) is 0 Å². The van der Waals surface area contributed by atoms with Gasteiger partial charge in [0.25, 0.3) is 0 Å². The fourth-order valence-corrected chi connectivity index (χ4v) is 2.16. The molecule has 82 valence electrons. The van der Waals surface area contributed by atoms with Gasteiger partial charge in [0.05, 0.1) is 7.11 Å². The maximum Gasteiger partial charge on any atom is 0.325 e. The second-order valence-electron chi connectivity index (χ2n) is 4.88.